The van der Waals surface area contributed by atoms with Crippen LogP contribution in [0.2, 0.25) is 0 Å². The van der Waals surface area contributed by atoms with Crippen LogP contribution >= 0.6 is 0 Å². The van der Waals surface area contributed by atoms with Crippen LogP contribution in [0.15, 0.2) is 48.5 Å². The van der Waals surface area contributed by atoms with E-state index in [9.17, 15) is 4.79 Å². The van der Waals surface area contributed by atoms with Gasteiger partial charge < -0.3 is 15.1 Å². The molecular weight excluding hydrogens is 298 g/mol. The SMILES string of the molecule is CN(C)Cc1ccc(CNC(=O)N2CCc3ccccc3C2)cc1. The van der Waals surface area contributed by atoms with Gasteiger partial charge in [-0.25, -0.2) is 4.79 Å². The summed E-state index contributed by atoms with van der Waals surface area (Å²) in [5, 5.41) is 3.04. The molecule has 4 heteroatoms. The Morgan fingerprint density at radius 2 is 1.71 bits per heavy atom. The van der Waals surface area contributed by atoms with Crippen molar-refractivity contribution in [1.82, 2.24) is 15.1 Å². The van der Waals surface area contributed by atoms with Gasteiger partial charge in [0.15, 0.2) is 0 Å². The van der Waals surface area contributed by atoms with Gasteiger partial charge in [0.1, 0.15) is 0 Å². The van der Waals surface area contributed by atoms with Gasteiger partial charge in [0.2, 0.25) is 0 Å². The lowest BCUT2D eigenvalue weighted by Gasteiger charge is -2.29. The van der Waals surface area contributed by atoms with E-state index in [4.69, 9.17) is 0 Å². The molecule has 2 aromatic carbocycles. The van der Waals surface area contributed by atoms with Crippen molar-refractivity contribution in [2.45, 2.75) is 26.1 Å². The van der Waals surface area contributed by atoms with Crippen LogP contribution < -0.4 is 5.32 Å². The molecule has 0 saturated heterocycles. The first-order valence-electron chi connectivity index (χ1n) is 8.44. The first-order valence-corrected chi connectivity index (χ1v) is 8.44. The highest BCUT2D eigenvalue weighted by atomic mass is 16.2. The molecule has 0 aromatic heterocycles. The third kappa shape index (κ3) is 4.15. The maximum Gasteiger partial charge on any atom is 0.317 e. The molecule has 126 valence electrons. The molecule has 1 aliphatic rings. The van der Waals surface area contributed by atoms with Gasteiger partial charge in [-0.05, 0) is 42.8 Å². The maximum atomic E-state index is 12.4. The van der Waals surface area contributed by atoms with Crippen molar-refractivity contribution in [1.29, 1.82) is 0 Å². The van der Waals surface area contributed by atoms with E-state index in [0.29, 0.717) is 13.1 Å². The molecule has 0 bridgehead atoms. The van der Waals surface area contributed by atoms with Crippen LogP contribution in [0.4, 0.5) is 4.79 Å². The molecule has 4 nitrogen and oxygen atoms in total. The van der Waals surface area contributed by atoms with Crippen LogP contribution in [0.3, 0.4) is 0 Å². The molecule has 1 aliphatic heterocycles. The van der Waals surface area contributed by atoms with E-state index >= 15 is 0 Å². The molecule has 2 amide bonds. The minimum absolute atomic E-state index is 0.0156. The summed E-state index contributed by atoms with van der Waals surface area (Å²) in [6, 6.07) is 16.8. The summed E-state index contributed by atoms with van der Waals surface area (Å²) in [5.74, 6) is 0. The first kappa shape index (κ1) is 16.5. The second-order valence-electron chi connectivity index (χ2n) is 6.65. The Bertz CT molecular complexity index is 694. The van der Waals surface area contributed by atoms with E-state index in [-0.39, 0.29) is 6.03 Å². The van der Waals surface area contributed by atoms with Crippen molar-refractivity contribution in [3.8, 4) is 0 Å². The van der Waals surface area contributed by atoms with E-state index in [1.165, 1.54) is 16.7 Å². The molecule has 0 unspecified atom stereocenters. The fourth-order valence-corrected chi connectivity index (χ4v) is 3.09. The molecule has 1 N–H and O–H groups in total. The van der Waals surface area contributed by atoms with Gasteiger partial charge in [0.05, 0.1) is 0 Å². The zero-order chi connectivity index (χ0) is 16.9. The lowest BCUT2D eigenvalue weighted by molar-refractivity contribution is 0.192. The molecular formula is C20H25N3O. The van der Waals surface area contributed by atoms with E-state index in [2.05, 4.69) is 66.8 Å². The van der Waals surface area contributed by atoms with Crippen molar-refractivity contribution in [2.75, 3.05) is 20.6 Å². The Kier molecular flexibility index (Phi) is 5.16. The van der Waals surface area contributed by atoms with Crippen molar-refractivity contribution in [3.63, 3.8) is 0 Å². The second kappa shape index (κ2) is 7.49. The van der Waals surface area contributed by atoms with Crippen molar-refractivity contribution in [3.05, 3.63) is 70.8 Å². The fourth-order valence-electron chi connectivity index (χ4n) is 3.09. The summed E-state index contributed by atoms with van der Waals surface area (Å²) in [6.07, 6.45) is 0.933. The summed E-state index contributed by atoms with van der Waals surface area (Å²) in [7, 11) is 4.12. The number of fused-ring (bicyclic) bond motifs is 1. The van der Waals surface area contributed by atoms with Gasteiger partial charge >= 0.3 is 6.03 Å². The molecule has 2 aromatic rings. The predicted octanol–water partition coefficient (Wildman–Crippen LogP) is 3.02. The number of rotatable bonds is 4. The van der Waals surface area contributed by atoms with Gasteiger partial charge in [0.25, 0.3) is 0 Å². The first-order chi connectivity index (χ1) is 11.6. The third-order valence-corrected chi connectivity index (χ3v) is 4.38. The van der Waals surface area contributed by atoms with Crippen LogP contribution in [-0.4, -0.2) is 36.5 Å². The smallest absolute Gasteiger partial charge is 0.317 e. The average Bonchev–Trinajstić information content (AvgIpc) is 2.60. The van der Waals surface area contributed by atoms with Gasteiger partial charge in [-0.1, -0.05) is 48.5 Å². The highest BCUT2D eigenvalue weighted by molar-refractivity contribution is 5.74. The van der Waals surface area contributed by atoms with Gasteiger partial charge in [-0.2, -0.15) is 0 Å². The number of urea groups is 1. The number of hydrogen-bond donors (Lipinski definition) is 1. The van der Waals surface area contributed by atoms with Crippen LogP contribution in [0.25, 0.3) is 0 Å². The van der Waals surface area contributed by atoms with Crippen molar-refractivity contribution in [2.24, 2.45) is 0 Å². The Balaban J connectivity index is 1.53. The van der Waals surface area contributed by atoms with E-state index in [1.807, 2.05) is 11.0 Å². The normalized spacial score (nSPS) is 13.7. The quantitative estimate of drug-likeness (QED) is 0.939. The Labute approximate surface area is 144 Å². The van der Waals surface area contributed by atoms with Gasteiger partial charge in [-0.15, -0.1) is 0 Å². The molecule has 3 rings (SSSR count). The molecule has 0 saturated carbocycles. The number of amides is 2. The summed E-state index contributed by atoms with van der Waals surface area (Å²) >= 11 is 0. The molecule has 0 radical (unpaired) electrons. The van der Waals surface area contributed by atoms with Crippen molar-refractivity contribution < 1.29 is 4.79 Å². The lowest BCUT2D eigenvalue weighted by Crippen LogP contribution is -2.42. The number of benzene rings is 2. The summed E-state index contributed by atoms with van der Waals surface area (Å²) < 4.78 is 0. The molecule has 0 spiro atoms. The maximum absolute atomic E-state index is 12.4. The molecule has 0 fully saturated rings. The summed E-state index contributed by atoms with van der Waals surface area (Å²) in [4.78, 5) is 16.4. The predicted molar refractivity (Wildman–Crippen MR) is 96.6 cm³/mol. The highest BCUT2D eigenvalue weighted by Gasteiger charge is 2.19. The Hall–Kier alpha value is -2.33. The molecule has 0 aliphatic carbocycles. The zero-order valence-corrected chi connectivity index (χ0v) is 14.5. The van der Waals surface area contributed by atoms with Crippen molar-refractivity contribution >= 4 is 6.03 Å². The van der Waals surface area contributed by atoms with Gasteiger partial charge in [0, 0.05) is 26.2 Å². The largest absolute Gasteiger partial charge is 0.334 e. The van der Waals surface area contributed by atoms with Crippen LogP contribution in [0.5, 0.6) is 0 Å². The number of nitrogens with zero attached hydrogens (tertiary/aromatic N) is 2. The van der Waals surface area contributed by atoms with E-state index < -0.39 is 0 Å². The standard InChI is InChI=1S/C20H25N3O/c1-22(2)14-17-9-7-16(8-10-17)13-21-20(24)23-12-11-18-5-3-4-6-19(18)15-23/h3-10H,11-15H2,1-2H3,(H,21,24). The number of carbonyl (C=O) groups is 1. The second-order valence-corrected chi connectivity index (χ2v) is 6.65. The molecule has 24 heavy (non-hydrogen) atoms. The average molecular weight is 323 g/mol. The molecule has 1 heterocycles. The molecule has 0 atom stereocenters. The number of hydrogen-bond acceptors (Lipinski definition) is 2. The minimum atomic E-state index is 0.0156. The van der Waals surface area contributed by atoms with Crippen LogP contribution in [0.1, 0.15) is 22.3 Å². The topological polar surface area (TPSA) is 35.6 Å². The zero-order valence-electron chi connectivity index (χ0n) is 14.5. The van der Waals surface area contributed by atoms with Crippen LogP contribution in [0, 0.1) is 0 Å². The summed E-state index contributed by atoms with van der Waals surface area (Å²) in [5.41, 5.74) is 5.02. The Morgan fingerprint density at radius 3 is 2.42 bits per heavy atom. The lowest BCUT2D eigenvalue weighted by atomic mass is 10.0. The Morgan fingerprint density at radius 1 is 1.04 bits per heavy atom. The third-order valence-electron chi connectivity index (χ3n) is 4.38. The highest BCUT2D eigenvalue weighted by Crippen LogP contribution is 2.18. The van der Waals surface area contributed by atoms with Gasteiger partial charge in [-0.3, -0.25) is 0 Å². The number of carbonyl (C=O) groups excluding carboxylic acids is 1. The number of nitrogens with one attached hydrogen (secondary N) is 1. The monoisotopic (exact) mass is 323 g/mol. The summed E-state index contributed by atoms with van der Waals surface area (Å²) in [6.45, 7) is 2.98. The fraction of sp³-hybridized carbons (Fsp3) is 0.350. The minimum Gasteiger partial charge on any atom is -0.334 e. The van der Waals surface area contributed by atoms with E-state index in [1.54, 1.807) is 0 Å². The van der Waals surface area contributed by atoms with Crippen LogP contribution in [-0.2, 0) is 26.1 Å². The van der Waals surface area contributed by atoms with E-state index in [0.717, 1.165) is 25.1 Å².